The molecule has 2 aromatic rings. The Labute approximate surface area is 128 Å². The molecule has 0 atom stereocenters. The van der Waals surface area contributed by atoms with Crippen LogP contribution in [0.4, 0.5) is 4.79 Å². The molecule has 0 aromatic heterocycles. The second-order valence-electron chi connectivity index (χ2n) is 4.43. The van der Waals surface area contributed by atoms with Gasteiger partial charge in [0.2, 0.25) is 0 Å². The molecule has 0 unspecified atom stereocenters. The zero-order valence-electron chi connectivity index (χ0n) is 12.2. The molecule has 0 saturated carbocycles. The second-order valence-corrected chi connectivity index (χ2v) is 4.43. The van der Waals surface area contributed by atoms with E-state index in [2.05, 4.69) is 0 Å². The third-order valence-electron chi connectivity index (χ3n) is 2.67. The topological polar surface area (TPSA) is 61.8 Å². The monoisotopic (exact) mass is 300 g/mol. The van der Waals surface area contributed by atoms with Crippen LogP contribution in [0.1, 0.15) is 23.7 Å². The number of hydrogen-bond donors (Lipinski definition) is 0. The summed E-state index contributed by atoms with van der Waals surface area (Å²) in [5.41, 5.74) is 0.400. The Kier molecular flexibility index (Phi) is 5.54. The summed E-state index contributed by atoms with van der Waals surface area (Å²) in [5.74, 6) is 0.278. The Hall–Kier alpha value is -2.82. The minimum Gasteiger partial charge on any atom is -0.462 e. The number of benzene rings is 2. The van der Waals surface area contributed by atoms with Gasteiger partial charge in [-0.05, 0) is 42.8 Å². The van der Waals surface area contributed by atoms with Crippen molar-refractivity contribution in [3.05, 3.63) is 60.2 Å². The van der Waals surface area contributed by atoms with Crippen LogP contribution in [0.5, 0.6) is 11.5 Å². The highest BCUT2D eigenvalue weighted by Crippen LogP contribution is 2.15. The van der Waals surface area contributed by atoms with E-state index < -0.39 is 12.1 Å². The highest BCUT2D eigenvalue weighted by atomic mass is 16.7. The predicted molar refractivity (Wildman–Crippen MR) is 80.1 cm³/mol. The maximum absolute atomic E-state index is 11.6. The second kappa shape index (κ2) is 7.83. The molecule has 2 aromatic carbocycles. The zero-order chi connectivity index (χ0) is 15.8. The van der Waals surface area contributed by atoms with E-state index in [1.807, 2.05) is 13.0 Å². The predicted octanol–water partition coefficient (Wildman–Crippen LogP) is 3.83. The first kappa shape index (κ1) is 15.6. The summed E-state index contributed by atoms with van der Waals surface area (Å²) >= 11 is 0. The molecule has 22 heavy (non-hydrogen) atoms. The van der Waals surface area contributed by atoms with Crippen molar-refractivity contribution in [3.8, 4) is 11.5 Å². The van der Waals surface area contributed by atoms with Gasteiger partial charge in [0.1, 0.15) is 11.5 Å². The van der Waals surface area contributed by atoms with Crippen molar-refractivity contribution in [2.45, 2.75) is 13.3 Å². The Morgan fingerprint density at radius 1 is 0.864 bits per heavy atom. The molecule has 0 aliphatic heterocycles. The van der Waals surface area contributed by atoms with E-state index in [-0.39, 0.29) is 5.75 Å². The quantitative estimate of drug-likeness (QED) is 0.620. The van der Waals surface area contributed by atoms with E-state index in [9.17, 15) is 9.59 Å². The minimum absolute atomic E-state index is 0.285. The van der Waals surface area contributed by atoms with E-state index in [4.69, 9.17) is 14.2 Å². The van der Waals surface area contributed by atoms with Gasteiger partial charge in [0.15, 0.2) is 0 Å². The molecule has 0 spiro atoms. The largest absolute Gasteiger partial charge is 0.519 e. The third kappa shape index (κ3) is 4.63. The van der Waals surface area contributed by atoms with E-state index >= 15 is 0 Å². The van der Waals surface area contributed by atoms with Gasteiger partial charge in [-0.2, -0.15) is 0 Å². The van der Waals surface area contributed by atoms with Crippen molar-refractivity contribution < 1.29 is 23.8 Å². The SMILES string of the molecule is CCCOC(=O)c1ccc(OC(=O)Oc2ccccc2)cc1. The normalized spacial score (nSPS) is 9.86. The summed E-state index contributed by atoms with van der Waals surface area (Å²) in [6.45, 7) is 2.29. The van der Waals surface area contributed by atoms with Gasteiger partial charge in [-0.3, -0.25) is 0 Å². The van der Waals surface area contributed by atoms with Crippen molar-refractivity contribution in [1.82, 2.24) is 0 Å². The van der Waals surface area contributed by atoms with E-state index in [1.165, 1.54) is 24.3 Å². The lowest BCUT2D eigenvalue weighted by Gasteiger charge is -2.06. The summed E-state index contributed by atoms with van der Waals surface area (Å²) in [7, 11) is 0. The highest BCUT2D eigenvalue weighted by molar-refractivity contribution is 5.89. The molecular weight excluding hydrogens is 284 g/mol. The molecule has 0 fully saturated rings. The Morgan fingerprint density at radius 3 is 2.05 bits per heavy atom. The number of carbonyl (C=O) groups is 2. The number of ether oxygens (including phenoxy) is 3. The third-order valence-corrected chi connectivity index (χ3v) is 2.67. The average molecular weight is 300 g/mol. The van der Waals surface area contributed by atoms with Crippen molar-refractivity contribution in [2.24, 2.45) is 0 Å². The van der Waals surface area contributed by atoms with Crippen LogP contribution in [0.3, 0.4) is 0 Å². The van der Waals surface area contributed by atoms with E-state index in [0.29, 0.717) is 17.9 Å². The van der Waals surface area contributed by atoms with Crippen LogP contribution < -0.4 is 9.47 Å². The number of rotatable bonds is 5. The lowest BCUT2D eigenvalue weighted by atomic mass is 10.2. The lowest BCUT2D eigenvalue weighted by molar-refractivity contribution is 0.0505. The summed E-state index contributed by atoms with van der Waals surface area (Å²) in [4.78, 5) is 23.2. The van der Waals surface area contributed by atoms with Crippen LogP contribution in [-0.4, -0.2) is 18.7 Å². The standard InChI is InChI=1S/C17H16O5/c1-2-12-20-16(18)13-8-10-15(11-9-13)22-17(19)21-14-6-4-3-5-7-14/h3-11H,2,12H2,1H3. The van der Waals surface area contributed by atoms with Crippen LogP contribution in [0, 0.1) is 0 Å². The van der Waals surface area contributed by atoms with Gasteiger partial charge >= 0.3 is 12.1 Å². The van der Waals surface area contributed by atoms with Crippen molar-refractivity contribution in [2.75, 3.05) is 6.61 Å². The van der Waals surface area contributed by atoms with Gasteiger partial charge < -0.3 is 14.2 Å². The molecule has 0 saturated heterocycles. The maximum atomic E-state index is 11.6. The summed E-state index contributed by atoms with van der Waals surface area (Å²) in [6.07, 6.45) is -0.0781. The van der Waals surface area contributed by atoms with Crippen LogP contribution in [-0.2, 0) is 4.74 Å². The molecule has 0 heterocycles. The van der Waals surface area contributed by atoms with Crippen molar-refractivity contribution in [1.29, 1.82) is 0 Å². The molecule has 0 N–H and O–H groups in total. The summed E-state index contributed by atoms with van der Waals surface area (Å²) in [6, 6.07) is 14.7. The van der Waals surface area contributed by atoms with Crippen LogP contribution in [0.15, 0.2) is 54.6 Å². The molecular formula is C17H16O5. The van der Waals surface area contributed by atoms with Gasteiger partial charge in [-0.25, -0.2) is 9.59 Å². The first-order valence-corrected chi connectivity index (χ1v) is 6.91. The van der Waals surface area contributed by atoms with Gasteiger partial charge in [-0.15, -0.1) is 0 Å². The van der Waals surface area contributed by atoms with E-state index in [1.54, 1.807) is 24.3 Å². The molecule has 0 radical (unpaired) electrons. The Bertz CT molecular complexity index is 619. The van der Waals surface area contributed by atoms with Gasteiger partial charge in [0.25, 0.3) is 0 Å². The number of hydrogen-bond acceptors (Lipinski definition) is 5. The zero-order valence-corrected chi connectivity index (χ0v) is 12.2. The number of esters is 1. The molecule has 2 rings (SSSR count). The summed E-state index contributed by atoms with van der Waals surface area (Å²) < 4.78 is 15.0. The molecule has 0 aliphatic rings. The van der Waals surface area contributed by atoms with Gasteiger partial charge in [0.05, 0.1) is 12.2 Å². The fourth-order valence-corrected chi connectivity index (χ4v) is 1.64. The molecule has 5 heteroatoms. The average Bonchev–Trinajstić information content (AvgIpc) is 2.54. The molecule has 5 nitrogen and oxygen atoms in total. The van der Waals surface area contributed by atoms with E-state index in [0.717, 1.165) is 6.42 Å². The first-order chi connectivity index (χ1) is 10.7. The van der Waals surface area contributed by atoms with Crippen LogP contribution in [0.2, 0.25) is 0 Å². The fraction of sp³-hybridized carbons (Fsp3) is 0.176. The first-order valence-electron chi connectivity index (χ1n) is 6.91. The molecule has 0 bridgehead atoms. The molecule has 0 amide bonds. The Balaban J connectivity index is 1.90. The fourth-order valence-electron chi connectivity index (χ4n) is 1.64. The number of carbonyl (C=O) groups excluding carboxylic acids is 2. The molecule has 114 valence electrons. The minimum atomic E-state index is -0.840. The van der Waals surface area contributed by atoms with Gasteiger partial charge in [-0.1, -0.05) is 25.1 Å². The maximum Gasteiger partial charge on any atom is 0.519 e. The smallest absolute Gasteiger partial charge is 0.462 e. The molecule has 0 aliphatic carbocycles. The van der Waals surface area contributed by atoms with Crippen LogP contribution >= 0.6 is 0 Å². The lowest BCUT2D eigenvalue weighted by Crippen LogP contribution is -2.13. The van der Waals surface area contributed by atoms with Crippen molar-refractivity contribution >= 4 is 12.1 Å². The summed E-state index contributed by atoms with van der Waals surface area (Å²) in [5, 5.41) is 0. The van der Waals surface area contributed by atoms with Crippen molar-refractivity contribution in [3.63, 3.8) is 0 Å². The van der Waals surface area contributed by atoms with Crippen LogP contribution in [0.25, 0.3) is 0 Å². The number of para-hydroxylation sites is 1. The Morgan fingerprint density at radius 2 is 1.45 bits per heavy atom. The van der Waals surface area contributed by atoms with Gasteiger partial charge in [0, 0.05) is 0 Å². The highest BCUT2D eigenvalue weighted by Gasteiger charge is 2.10.